The number of hydrogen-bond donors (Lipinski definition) is 0. The summed E-state index contributed by atoms with van der Waals surface area (Å²) in [5, 5.41) is 0. The van der Waals surface area contributed by atoms with Gasteiger partial charge < -0.3 is 4.90 Å². The summed E-state index contributed by atoms with van der Waals surface area (Å²) in [7, 11) is 0. The molecule has 0 bridgehead atoms. The number of hydrogen-bond acceptors (Lipinski definition) is 3. The largest absolute Gasteiger partial charge is 0.309 e. The van der Waals surface area contributed by atoms with E-state index in [1.807, 2.05) is 0 Å². The molecule has 0 spiro atoms. The molecule has 0 aliphatic carbocycles. The minimum absolute atomic E-state index is 0.0624. The highest BCUT2D eigenvalue weighted by molar-refractivity contribution is 5.95. The fraction of sp³-hybridized carbons (Fsp3) is 0.500. The molecule has 1 aromatic rings. The van der Waals surface area contributed by atoms with Crippen LogP contribution in [0.2, 0.25) is 0 Å². The van der Waals surface area contributed by atoms with Crippen LogP contribution in [0.3, 0.4) is 0 Å². The second-order valence-corrected chi connectivity index (χ2v) is 4.42. The van der Waals surface area contributed by atoms with E-state index in [-0.39, 0.29) is 11.3 Å². The smallest absolute Gasteiger partial charge is 0.227 e. The van der Waals surface area contributed by atoms with Gasteiger partial charge in [-0.3, -0.25) is 4.79 Å². The minimum Gasteiger partial charge on any atom is -0.309 e. The third kappa shape index (κ3) is 1.60. The molecule has 1 aliphatic heterocycles. The van der Waals surface area contributed by atoms with Crippen LogP contribution in [0, 0.1) is 5.41 Å². The molecular formula is C10H13N3O. The van der Waals surface area contributed by atoms with Crippen LogP contribution < -0.4 is 4.90 Å². The maximum atomic E-state index is 11.7. The van der Waals surface area contributed by atoms with Crippen LogP contribution in [0.4, 0.5) is 5.69 Å². The lowest BCUT2D eigenvalue weighted by atomic mass is 9.93. The first-order chi connectivity index (χ1) is 6.58. The van der Waals surface area contributed by atoms with E-state index < -0.39 is 0 Å². The van der Waals surface area contributed by atoms with Gasteiger partial charge in [0.1, 0.15) is 6.33 Å². The summed E-state index contributed by atoms with van der Waals surface area (Å²) < 4.78 is 0. The Morgan fingerprint density at radius 3 is 2.50 bits per heavy atom. The average molecular weight is 191 g/mol. The van der Waals surface area contributed by atoms with Crippen LogP contribution in [0.1, 0.15) is 20.3 Å². The zero-order valence-corrected chi connectivity index (χ0v) is 8.40. The lowest BCUT2D eigenvalue weighted by Crippen LogP contribution is -2.26. The number of anilines is 1. The highest BCUT2D eigenvalue weighted by atomic mass is 16.2. The van der Waals surface area contributed by atoms with E-state index >= 15 is 0 Å². The van der Waals surface area contributed by atoms with Crippen LogP contribution in [-0.2, 0) is 4.79 Å². The van der Waals surface area contributed by atoms with Gasteiger partial charge in [-0.2, -0.15) is 0 Å². The molecule has 1 saturated heterocycles. The summed E-state index contributed by atoms with van der Waals surface area (Å²) in [5.41, 5.74) is 0.857. The molecule has 0 N–H and O–H groups in total. The van der Waals surface area contributed by atoms with Crippen molar-refractivity contribution in [3.63, 3.8) is 0 Å². The number of aromatic nitrogens is 2. The molecule has 4 heteroatoms. The molecule has 1 aliphatic rings. The Labute approximate surface area is 83.0 Å². The van der Waals surface area contributed by atoms with Gasteiger partial charge in [0.2, 0.25) is 5.91 Å². The van der Waals surface area contributed by atoms with Gasteiger partial charge in [0, 0.05) is 13.0 Å². The van der Waals surface area contributed by atoms with Gasteiger partial charge in [-0.25, -0.2) is 9.97 Å². The molecular weight excluding hydrogens is 178 g/mol. The molecule has 2 heterocycles. The van der Waals surface area contributed by atoms with Crippen molar-refractivity contribution in [3.05, 3.63) is 18.7 Å². The van der Waals surface area contributed by atoms with E-state index in [0.29, 0.717) is 6.42 Å². The van der Waals surface area contributed by atoms with Gasteiger partial charge in [-0.15, -0.1) is 0 Å². The summed E-state index contributed by atoms with van der Waals surface area (Å²) in [6.07, 6.45) is 5.41. The summed E-state index contributed by atoms with van der Waals surface area (Å²) in [5.74, 6) is 0.157. The number of carbonyl (C=O) groups is 1. The quantitative estimate of drug-likeness (QED) is 0.671. The molecule has 0 radical (unpaired) electrons. The maximum Gasteiger partial charge on any atom is 0.227 e. The predicted octanol–water partition coefficient (Wildman–Crippen LogP) is 1.24. The van der Waals surface area contributed by atoms with Crippen molar-refractivity contribution in [2.45, 2.75) is 20.3 Å². The van der Waals surface area contributed by atoms with Crippen molar-refractivity contribution in [3.8, 4) is 0 Å². The Morgan fingerprint density at radius 2 is 2.00 bits per heavy atom. The first-order valence-corrected chi connectivity index (χ1v) is 4.64. The monoisotopic (exact) mass is 191 g/mol. The number of nitrogens with zero attached hydrogens (tertiary/aromatic N) is 3. The molecule has 0 atom stereocenters. The second-order valence-electron chi connectivity index (χ2n) is 4.42. The van der Waals surface area contributed by atoms with Crippen molar-refractivity contribution < 1.29 is 4.79 Å². The zero-order valence-electron chi connectivity index (χ0n) is 8.40. The Hall–Kier alpha value is -1.45. The highest BCUT2D eigenvalue weighted by Gasteiger charge is 2.36. The van der Waals surface area contributed by atoms with Gasteiger partial charge in [0.15, 0.2) is 0 Å². The molecule has 14 heavy (non-hydrogen) atoms. The van der Waals surface area contributed by atoms with Gasteiger partial charge in [-0.1, -0.05) is 13.8 Å². The average Bonchev–Trinajstić information content (AvgIpc) is 2.41. The van der Waals surface area contributed by atoms with Gasteiger partial charge in [0.25, 0.3) is 0 Å². The topological polar surface area (TPSA) is 46.1 Å². The molecule has 0 unspecified atom stereocenters. The maximum absolute atomic E-state index is 11.7. The molecule has 4 nitrogen and oxygen atoms in total. The third-order valence-electron chi connectivity index (χ3n) is 2.38. The van der Waals surface area contributed by atoms with Crippen molar-refractivity contribution in [2.75, 3.05) is 11.4 Å². The van der Waals surface area contributed by atoms with E-state index in [0.717, 1.165) is 12.2 Å². The number of rotatable bonds is 1. The first kappa shape index (κ1) is 9.12. The van der Waals surface area contributed by atoms with Crippen molar-refractivity contribution in [1.29, 1.82) is 0 Å². The van der Waals surface area contributed by atoms with Gasteiger partial charge >= 0.3 is 0 Å². The first-order valence-electron chi connectivity index (χ1n) is 4.64. The molecule has 0 saturated carbocycles. The third-order valence-corrected chi connectivity index (χ3v) is 2.38. The standard InChI is InChI=1S/C10H13N3O/c1-10(2)3-9(14)13(6-10)8-4-11-7-12-5-8/h4-5,7H,3,6H2,1-2H3. The van der Waals surface area contributed by atoms with E-state index in [2.05, 4.69) is 23.8 Å². The summed E-state index contributed by atoms with van der Waals surface area (Å²) in [4.78, 5) is 21.2. The van der Waals surface area contributed by atoms with Gasteiger partial charge in [0.05, 0.1) is 18.1 Å². The van der Waals surface area contributed by atoms with E-state index in [9.17, 15) is 4.79 Å². The summed E-state index contributed by atoms with van der Waals surface area (Å²) in [6.45, 7) is 4.93. The van der Waals surface area contributed by atoms with Crippen molar-refractivity contribution >= 4 is 11.6 Å². The van der Waals surface area contributed by atoms with E-state index in [1.54, 1.807) is 17.3 Å². The fourth-order valence-electron chi connectivity index (χ4n) is 1.74. The number of amides is 1. The Balaban J connectivity index is 2.26. The zero-order chi connectivity index (χ0) is 10.2. The minimum atomic E-state index is 0.0624. The predicted molar refractivity (Wildman–Crippen MR) is 52.8 cm³/mol. The summed E-state index contributed by atoms with van der Waals surface area (Å²) >= 11 is 0. The van der Waals surface area contributed by atoms with E-state index in [4.69, 9.17) is 0 Å². The molecule has 1 amide bonds. The molecule has 1 fully saturated rings. The highest BCUT2D eigenvalue weighted by Crippen LogP contribution is 2.32. The molecule has 74 valence electrons. The molecule has 2 rings (SSSR count). The Morgan fingerprint density at radius 1 is 1.36 bits per heavy atom. The van der Waals surface area contributed by atoms with Crippen molar-refractivity contribution in [1.82, 2.24) is 9.97 Å². The Kier molecular flexibility index (Phi) is 1.98. The lowest BCUT2D eigenvalue weighted by Gasteiger charge is -2.18. The Bertz CT molecular complexity index is 348. The van der Waals surface area contributed by atoms with Crippen LogP contribution in [-0.4, -0.2) is 22.4 Å². The summed E-state index contributed by atoms with van der Waals surface area (Å²) in [6, 6.07) is 0. The van der Waals surface area contributed by atoms with Crippen LogP contribution >= 0.6 is 0 Å². The van der Waals surface area contributed by atoms with Gasteiger partial charge in [-0.05, 0) is 5.41 Å². The number of carbonyl (C=O) groups excluding carboxylic acids is 1. The van der Waals surface area contributed by atoms with Crippen LogP contribution in [0.15, 0.2) is 18.7 Å². The van der Waals surface area contributed by atoms with Crippen LogP contribution in [0.25, 0.3) is 0 Å². The fourth-order valence-corrected chi connectivity index (χ4v) is 1.74. The SMILES string of the molecule is CC1(C)CC(=O)N(c2cncnc2)C1. The van der Waals surface area contributed by atoms with Crippen LogP contribution in [0.5, 0.6) is 0 Å². The second kappa shape index (κ2) is 3.04. The molecule has 0 aromatic carbocycles. The molecule has 1 aromatic heterocycles. The normalized spacial score (nSPS) is 20.1. The lowest BCUT2D eigenvalue weighted by molar-refractivity contribution is -0.117. The van der Waals surface area contributed by atoms with E-state index in [1.165, 1.54) is 6.33 Å². The van der Waals surface area contributed by atoms with Crippen molar-refractivity contribution in [2.24, 2.45) is 5.41 Å².